The Bertz CT molecular complexity index is 991. The van der Waals surface area contributed by atoms with Crippen molar-refractivity contribution in [3.63, 3.8) is 0 Å². The molecule has 2 aliphatic rings. The van der Waals surface area contributed by atoms with E-state index in [1.54, 1.807) is 18.2 Å². The largest absolute Gasteiger partial charge is 0.493 e. The molecule has 0 aromatic heterocycles. The number of hydrogen-bond donors (Lipinski definition) is 0. The third-order valence-corrected chi connectivity index (χ3v) is 5.34. The van der Waals surface area contributed by atoms with Crippen molar-refractivity contribution in [3.05, 3.63) is 41.5 Å². The van der Waals surface area contributed by atoms with Crippen molar-refractivity contribution in [1.82, 2.24) is 0 Å². The molecule has 1 aliphatic heterocycles. The summed E-state index contributed by atoms with van der Waals surface area (Å²) in [7, 11) is 3.06. The monoisotopic (exact) mass is 412 g/mol. The molecule has 1 heterocycles. The molecule has 0 bridgehead atoms. The molecular weight excluding hydrogens is 388 g/mol. The summed E-state index contributed by atoms with van der Waals surface area (Å²) in [5.74, 6) is 0.519. The first-order chi connectivity index (χ1) is 14.5. The number of cyclic esters (lactones) is 1. The molecule has 7 nitrogen and oxygen atoms in total. The Morgan fingerprint density at radius 2 is 1.80 bits per heavy atom. The maximum Gasteiger partial charge on any atom is 0.350 e. The molecule has 30 heavy (non-hydrogen) atoms. The van der Waals surface area contributed by atoms with Gasteiger partial charge in [-0.1, -0.05) is 19.1 Å². The Morgan fingerprint density at radius 1 is 1.03 bits per heavy atom. The van der Waals surface area contributed by atoms with Crippen LogP contribution in [0.15, 0.2) is 30.3 Å². The lowest BCUT2D eigenvalue weighted by Crippen LogP contribution is -2.32. The second-order valence-corrected chi connectivity index (χ2v) is 7.32. The molecule has 0 amide bonds. The number of carbonyl (C=O) groups is 2. The van der Waals surface area contributed by atoms with Crippen molar-refractivity contribution in [2.45, 2.75) is 38.4 Å². The van der Waals surface area contributed by atoms with Crippen LogP contribution < -0.4 is 14.2 Å². The lowest BCUT2D eigenvalue weighted by Gasteiger charge is -2.23. The fourth-order valence-corrected chi connectivity index (χ4v) is 3.60. The van der Waals surface area contributed by atoms with Gasteiger partial charge in [0.2, 0.25) is 11.4 Å². The van der Waals surface area contributed by atoms with Crippen LogP contribution in [-0.2, 0) is 20.9 Å². The van der Waals surface area contributed by atoms with E-state index in [1.807, 2.05) is 19.1 Å². The molecule has 0 unspecified atom stereocenters. The minimum absolute atomic E-state index is 0.182. The summed E-state index contributed by atoms with van der Waals surface area (Å²) in [5.41, 5.74) is 1.74. The van der Waals surface area contributed by atoms with Gasteiger partial charge in [0.1, 0.15) is 6.61 Å². The number of hydrogen-bond acceptors (Lipinski definition) is 7. The Labute approximate surface area is 174 Å². The Morgan fingerprint density at radius 3 is 2.47 bits per heavy atom. The van der Waals surface area contributed by atoms with E-state index in [9.17, 15) is 9.59 Å². The van der Waals surface area contributed by atoms with Crippen LogP contribution in [0.4, 0.5) is 0 Å². The average Bonchev–Trinajstić information content (AvgIpc) is 3.46. The molecule has 0 spiro atoms. The van der Waals surface area contributed by atoms with Gasteiger partial charge in [-0.15, -0.1) is 0 Å². The van der Waals surface area contributed by atoms with Gasteiger partial charge in [0.15, 0.2) is 11.5 Å². The maximum absolute atomic E-state index is 12.6. The number of rotatable bonds is 8. The van der Waals surface area contributed by atoms with E-state index in [-0.39, 0.29) is 18.5 Å². The predicted octanol–water partition coefficient (Wildman–Crippen LogP) is 3.91. The lowest BCUT2D eigenvalue weighted by atomic mass is 9.95. The first-order valence-electron chi connectivity index (χ1n) is 9.95. The molecule has 4 rings (SSSR count). The number of fused-ring (bicyclic) bond motifs is 1. The van der Waals surface area contributed by atoms with Crippen LogP contribution in [0.2, 0.25) is 0 Å². The van der Waals surface area contributed by atoms with Crippen molar-refractivity contribution >= 4 is 11.9 Å². The Kier molecular flexibility index (Phi) is 5.28. The highest BCUT2D eigenvalue weighted by molar-refractivity contribution is 5.97. The van der Waals surface area contributed by atoms with Crippen LogP contribution in [0.1, 0.15) is 42.1 Å². The predicted molar refractivity (Wildman–Crippen MR) is 108 cm³/mol. The van der Waals surface area contributed by atoms with E-state index in [0.717, 1.165) is 17.5 Å². The number of benzene rings is 2. The van der Waals surface area contributed by atoms with E-state index in [0.29, 0.717) is 47.8 Å². The summed E-state index contributed by atoms with van der Waals surface area (Å²) in [6.45, 7) is 2.47. The van der Waals surface area contributed by atoms with Gasteiger partial charge in [-0.2, -0.15) is 0 Å². The van der Waals surface area contributed by atoms with Crippen molar-refractivity contribution in [2.75, 3.05) is 20.8 Å². The molecule has 2 aromatic rings. The lowest BCUT2D eigenvalue weighted by molar-refractivity contribution is -0.154. The Hall–Kier alpha value is -3.22. The van der Waals surface area contributed by atoms with Crippen molar-refractivity contribution in [3.8, 4) is 28.4 Å². The third kappa shape index (κ3) is 3.34. The molecule has 2 aromatic carbocycles. The SMILES string of the molecule is CCCOC(=O)C1(Oc2c(-c3cccc4c3COC4=O)ccc(OC)c2OC)CC1. The second-order valence-electron chi connectivity index (χ2n) is 7.32. The minimum Gasteiger partial charge on any atom is -0.493 e. The highest BCUT2D eigenvalue weighted by Gasteiger charge is 2.55. The number of carbonyl (C=O) groups excluding carboxylic acids is 2. The van der Waals surface area contributed by atoms with Crippen LogP contribution in [0.3, 0.4) is 0 Å². The number of methoxy groups -OCH3 is 2. The van der Waals surface area contributed by atoms with E-state index >= 15 is 0 Å². The van der Waals surface area contributed by atoms with E-state index < -0.39 is 5.60 Å². The van der Waals surface area contributed by atoms with Crippen LogP contribution in [0.5, 0.6) is 17.2 Å². The van der Waals surface area contributed by atoms with Crippen molar-refractivity contribution in [1.29, 1.82) is 0 Å². The zero-order valence-corrected chi connectivity index (χ0v) is 17.3. The molecule has 7 heteroatoms. The zero-order chi connectivity index (χ0) is 21.3. The minimum atomic E-state index is -1.03. The Balaban J connectivity index is 1.82. The van der Waals surface area contributed by atoms with Crippen molar-refractivity contribution in [2.24, 2.45) is 0 Å². The van der Waals surface area contributed by atoms with Crippen LogP contribution >= 0.6 is 0 Å². The molecule has 0 radical (unpaired) electrons. The van der Waals surface area contributed by atoms with Gasteiger partial charge >= 0.3 is 11.9 Å². The number of ether oxygens (including phenoxy) is 5. The van der Waals surface area contributed by atoms with Gasteiger partial charge in [0.05, 0.1) is 26.4 Å². The van der Waals surface area contributed by atoms with Crippen LogP contribution in [0, 0.1) is 0 Å². The van der Waals surface area contributed by atoms with Gasteiger partial charge in [0, 0.05) is 24.0 Å². The van der Waals surface area contributed by atoms with E-state index in [4.69, 9.17) is 23.7 Å². The van der Waals surface area contributed by atoms with E-state index in [2.05, 4.69) is 0 Å². The molecule has 158 valence electrons. The van der Waals surface area contributed by atoms with Crippen molar-refractivity contribution < 1.29 is 33.3 Å². The summed E-state index contributed by atoms with van der Waals surface area (Å²) in [6, 6.07) is 9.03. The zero-order valence-electron chi connectivity index (χ0n) is 17.3. The molecule has 0 atom stereocenters. The van der Waals surface area contributed by atoms with Gasteiger partial charge in [-0.3, -0.25) is 0 Å². The van der Waals surface area contributed by atoms with E-state index in [1.165, 1.54) is 14.2 Å². The second kappa shape index (κ2) is 7.89. The summed E-state index contributed by atoms with van der Waals surface area (Å²) < 4.78 is 27.9. The molecule has 1 aliphatic carbocycles. The summed E-state index contributed by atoms with van der Waals surface area (Å²) in [6.07, 6.45) is 1.85. The third-order valence-electron chi connectivity index (χ3n) is 5.34. The summed E-state index contributed by atoms with van der Waals surface area (Å²) in [4.78, 5) is 24.7. The summed E-state index contributed by atoms with van der Waals surface area (Å²) in [5, 5.41) is 0. The highest BCUT2D eigenvalue weighted by atomic mass is 16.6. The average molecular weight is 412 g/mol. The normalized spacial score (nSPS) is 15.8. The smallest absolute Gasteiger partial charge is 0.350 e. The van der Waals surface area contributed by atoms with Crippen LogP contribution in [-0.4, -0.2) is 38.4 Å². The fraction of sp³-hybridized carbons (Fsp3) is 0.391. The summed E-state index contributed by atoms with van der Waals surface area (Å²) >= 11 is 0. The molecule has 1 saturated carbocycles. The standard InChI is InChI=1S/C23H24O7/c1-4-12-28-22(25)23(10-11-23)30-19-15(8-9-18(26-2)20(19)27-3)14-6-5-7-16-17(14)13-29-21(16)24/h5-9H,4,10-13H2,1-3H3. The quantitative estimate of drug-likeness (QED) is 0.608. The van der Waals surface area contributed by atoms with Gasteiger partial charge in [0.25, 0.3) is 0 Å². The number of esters is 2. The first-order valence-corrected chi connectivity index (χ1v) is 9.95. The highest BCUT2D eigenvalue weighted by Crippen LogP contribution is 2.51. The molecular formula is C23H24O7. The van der Waals surface area contributed by atoms with Gasteiger partial charge in [-0.25, -0.2) is 9.59 Å². The topological polar surface area (TPSA) is 80.3 Å². The maximum atomic E-state index is 12.6. The molecule has 1 fully saturated rings. The van der Waals surface area contributed by atoms with Gasteiger partial charge in [-0.05, 0) is 30.2 Å². The van der Waals surface area contributed by atoms with Gasteiger partial charge < -0.3 is 23.7 Å². The first kappa shape index (κ1) is 20.1. The molecule has 0 N–H and O–H groups in total. The molecule has 0 saturated heterocycles. The van der Waals surface area contributed by atoms with Crippen LogP contribution in [0.25, 0.3) is 11.1 Å². The fourth-order valence-electron chi connectivity index (χ4n) is 3.60.